The summed E-state index contributed by atoms with van der Waals surface area (Å²) in [7, 11) is 0. The number of hydrogen-bond acceptors (Lipinski definition) is 2. The van der Waals surface area contributed by atoms with E-state index in [0.29, 0.717) is 0 Å². The van der Waals surface area contributed by atoms with Crippen LogP contribution < -0.4 is 0 Å². The second-order valence-electron chi connectivity index (χ2n) is 4.26. The Balaban J connectivity index is 0.00000116. The van der Waals surface area contributed by atoms with E-state index in [4.69, 9.17) is 0 Å². The van der Waals surface area contributed by atoms with E-state index < -0.39 is 0 Å². The average Bonchev–Trinajstić information content (AvgIpc) is 2.61. The quantitative estimate of drug-likeness (QED) is 0.267. The molecule has 2 rings (SSSR count). The van der Waals surface area contributed by atoms with Crippen molar-refractivity contribution in [3.05, 3.63) is 71.8 Å². The van der Waals surface area contributed by atoms with Gasteiger partial charge in [0, 0.05) is 9.79 Å². The van der Waals surface area contributed by atoms with Crippen LogP contribution in [-0.4, -0.2) is 38.3 Å². The Labute approximate surface area is 159 Å². The zero-order chi connectivity index (χ0) is 16.2. The molecule has 2 aromatic rings. The van der Waals surface area contributed by atoms with Crippen molar-refractivity contribution in [2.45, 2.75) is 14.3 Å². The number of allylic oxidation sites excluding steroid dienone is 2. The zero-order valence-electron chi connectivity index (χ0n) is 13.2. The van der Waals surface area contributed by atoms with Crippen molar-refractivity contribution in [3.63, 3.8) is 0 Å². The summed E-state index contributed by atoms with van der Waals surface area (Å²) in [6.07, 6.45) is 12.6. The molecule has 0 aliphatic rings. The molecule has 0 aliphatic carbocycles. The van der Waals surface area contributed by atoms with Crippen molar-refractivity contribution in [2.75, 3.05) is 12.5 Å². The van der Waals surface area contributed by atoms with Crippen LogP contribution in [-0.2, 0) is 0 Å². The van der Waals surface area contributed by atoms with E-state index in [1.165, 1.54) is 46.7 Å². The summed E-state index contributed by atoms with van der Waals surface area (Å²) >= 11 is 4.84. The van der Waals surface area contributed by atoms with Gasteiger partial charge in [0.25, 0.3) is 0 Å². The van der Waals surface area contributed by atoms with Crippen LogP contribution in [0.2, 0.25) is 4.48 Å². The van der Waals surface area contributed by atoms with Gasteiger partial charge in [0.1, 0.15) is 0 Å². The molecule has 0 aliphatic heterocycles. The minimum absolute atomic E-state index is 1.23. The summed E-state index contributed by atoms with van der Waals surface area (Å²) in [6, 6.07) is 17.2. The van der Waals surface area contributed by atoms with E-state index in [1.54, 1.807) is 23.5 Å². The van der Waals surface area contributed by atoms with Crippen LogP contribution in [0.4, 0.5) is 0 Å². The van der Waals surface area contributed by atoms with Crippen molar-refractivity contribution >= 4 is 61.4 Å². The predicted octanol–water partition coefficient (Wildman–Crippen LogP) is 6.06. The molecule has 0 N–H and O–H groups in total. The third-order valence-corrected chi connectivity index (χ3v) is 4.41. The van der Waals surface area contributed by atoms with Crippen molar-refractivity contribution in [2.24, 2.45) is 0 Å². The van der Waals surface area contributed by atoms with Gasteiger partial charge in [-0.05, 0) is 47.9 Å². The molecule has 3 radical (unpaired) electrons. The molecule has 113 valence electrons. The first-order valence-corrected chi connectivity index (χ1v) is 13.3. The fourth-order valence-corrected chi connectivity index (χ4v) is 2.58. The third-order valence-electron chi connectivity index (χ3n) is 2.92. The van der Waals surface area contributed by atoms with E-state index >= 15 is 0 Å². The summed E-state index contributed by atoms with van der Waals surface area (Å²) in [5.41, 5.74) is 2.45. The van der Waals surface area contributed by atoms with E-state index in [2.05, 4.69) is 89.8 Å². The van der Waals surface area contributed by atoms with Crippen LogP contribution in [0.3, 0.4) is 0 Å². The summed E-state index contributed by atoms with van der Waals surface area (Å²) in [5.74, 6) is 0. The molecule has 22 heavy (non-hydrogen) atoms. The first-order valence-electron chi connectivity index (χ1n) is 6.94. The zero-order valence-corrected chi connectivity index (χ0v) is 18.8. The van der Waals surface area contributed by atoms with Crippen LogP contribution in [0.1, 0.15) is 11.1 Å². The van der Waals surface area contributed by atoms with Gasteiger partial charge in [-0.2, -0.15) is 0 Å². The minimum atomic E-state index is 1.23. The average molecular weight is 521 g/mol. The molecule has 0 fully saturated rings. The van der Waals surface area contributed by atoms with Crippen molar-refractivity contribution in [3.8, 4) is 0 Å². The second kappa shape index (κ2) is 12.0. The molecule has 0 heterocycles. The van der Waals surface area contributed by atoms with Gasteiger partial charge in [0.05, 0.1) is 0 Å². The normalized spacial score (nSPS) is 10.7. The topological polar surface area (TPSA) is 0 Å². The second-order valence-corrected chi connectivity index (χ2v) is 6.02. The summed E-state index contributed by atoms with van der Waals surface area (Å²) in [6.45, 7) is 0. The van der Waals surface area contributed by atoms with Crippen molar-refractivity contribution < 1.29 is 0 Å². The van der Waals surface area contributed by atoms with Gasteiger partial charge in [-0.3, -0.25) is 0 Å². The number of benzene rings is 2. The summed E-state index contributed by atoms with van der Waals surface area (Å²) in [5, 5.41) is 0. The number of hydrogen-bond donors (Lipinski definition) is 0. The van der Waals surface area contributed by atoms with Gasteiger partial charge >= 0.3 is 30.3 Å². The predicted molar refractivity (Wildman–Crippen MR) is 106 cm³/mol. The van der Waals surface area contributed by atoms with Crippen LogP contribution >= 0.6 is 23.5 Å². The molecule has 0 saturated heterocycles. The monoisotopic (exact) mass is 521 g/mol. The Morgan fingerprint density at radius 3 is 1.23 bits per heavy atom. The van der Waals surface area contributed by atoms with Gasteiger partial charge in [-0.1, -0.05) is 48.6 Å². The van der Waals surface area contributed by atoms with Gasteiger partial charge in [0.15, 0.2) is 0 Å². The maximum atomic E-state index is 2.15. The molecular weight excluding hydrogens is 500 g/mol. The summed E-state index contributed by atoms with van der Waals surface area (Å²) in [4.78, 5) is 2.60. The molecule has 0 saturated carbocycles. The van der Waals surface area contributed by atoms with Gasteiger partial charge in [0.2, 0.25) is 0 Å². The van der Waals surface area contributed by atoms with Crippen LogP contribution in [0.5, 0.6) is 0 Å². The fourth-order valence-electron chi connectivity index (χ4n) is 1.76. The number of rotatable bonds is 5. The Kier molecular flexibility index (Phi) is 10.7. The molecule has 2 aromatic carbocycles. The molecule has 0 aromatic heterocycles. The first-order chi connectivity index (χ1) is 10.8. The Morgan fingerprint density at radius 1 is 0.636 bits per heavy atom. The Hall–Kier alpha value is -0.458. The molecule has 0 bridgehead atoms. The van der Waals surface area contributed by atoms with Crippen LogP contribution in [0, 0.1) is 0 Å². The first kappa shape index (κ1) is 19.6. The molecule has 0 spiro atoms. The molecule has 0 atom stereocenters. The van der Waals surface area contributed by atoms with Crippen LogP contribution in [0.25, 0.3) is 12.2 Å². The molecule has 3 heteroatoms. The Morgan fingerprint density at radius 2 is 0.955 bits per heavy atom. The van der Waals surface area contributed by atoms with Gasteiger partial charge < -0.3 is 0 Å². The molecule has 0 nitrogen and oxygen atoms in total. The molecular formula is C19H21PbS2. The summed E-state index contributed by atoms with van der Waals surface area (Å²) < 4.78 is 2.14. The van der Waals surface area contributed by atoms with E-state index in [-0.39, 0.29) is 0 Å². The van der Waals surface area contributed by atoms with E-state index in [1.807, 2.05) is 0 Å². The fraction of sp³-hybridized carbons (Fsp3) is 0.158. The third kappa shape index (κ3) is 7.20. The maximum absolute atomic E-state index is 2.15. The molecule has 0 amide bonds. The van der Waals surface area contributed by atoms with E-state index in [9.17, 15) is 0 Å². The SMILES string of the molecule is CSc1ccc(/C=C/C=C/c2ccc(SC)cc2)cc1.[CH3][Pb]. The molecule has 0 unspecified atom stereocenters. The standard InChI is InChI=1S/C18H18S2.CH3.Pb/c1-19-17-11-7-15(8-12-17)5-3-4-6-16-9-13-18(20-2)14-10-16;;/h3-14H,1-2H3;1H3;/b5-3+,6-4+;;. The van der Waals surface area contributed by atoms with Crippen LogP contribution in [0.15, 0.2) is 70.5 Å². The van der Waals surface area contributed by atoms with Crippen molar-refractivity contribution in [1.29, 1.82) is 0 Å². The van der Waals surface area contributed by atoms with Crippen molar-refractivity contribution in [1.82, 2.24) is 0 Å². The van der Waals surface area contributed by atoms with Gasteiger partial charge in [-0.15, -0.1) is 23.5 Å². The van der Waals surface area contributed by atoms with Gasteiger partial charge in [-0.25, -0.2) is 0 Å². The van der Waals surface area contributed by atoms with E-state index in [0.717, 1.165) is 0 Å². The number of thioether (sulfide) groups is 2. The Bertz CT molecular complexity index is 528.